The lowest BCUT2D eigenvalue weighted by Gasteiger charge is -2.18. The van der Waals surface area contributed by atoms with E-state index in [1.54, 1.807) is 0 Å². The lowest BCUT2D eigenvalue weighted by molar-refractivity contribution is -0.167. The van der Waals surface area contributed by atoms with Crippen LogP contribution in [-0.2, 0) is 28.6 Å². The summed E-state index contributed by atoms with van der Waals surface area (Å²) in [5, 5.41) is 0. The second-order valence-corrected chi connectivity index (χ2v) is 16.3. The van der Waals surface area contributed by atoms with Crippen LogP contribution in [0.2, 0.25) is 0 Å². The van der Waals surface area contributed by atoms with Crippen LogP contribution in [0.15, 0.2) is 72.9 Å². The van der Waals surface area contributed by atoms with Crippen molar-refractivity contribution in [2.24, 2.45) is 0 Å². The Bertz CT molecular complexity index is 1140. The van der Waals surface area contributed by atoms with Crippen molar-refractivity contribution >= 4 is 17.9 Å². The summed E-state index contributed by atoms with van der Waals surface area (Å²) >= 11 is 0. The molecule has 0 rings (SSSR count). The predicted octanol–water partition coefficient (Wildman–Crippen LogP) is 16.3. The third-order valence-electron chi connectivity index (χ3n) is 10.4. The van der Waals surface area contributed by atoms with E-state index in [1.807, 2.05) is 0 Å². The molecule has 0 aromatic rings. The van der Waals surface area contributed by atoms with E-state index in [4.69, 9.17) is 14.2 Å². The zero-order chi connectivity index (χ0) is 43.7. The minimum absolute atomic E-state index is 0.0954. The first-order valence-electron chi connectivity index (χ1n) is 24.9. The van der Waals surface area contributed by atoms with Gasteiger partial charge in [0.1, 0.15) is 13.2 Å². The minimum Gasteiger partial charge on any atom is -0.462 e. The summed E-state index contributed by atoms with van der Waals surface area (Å²) in [5.74, 6) is -0.953. The van der Waals surface area contributed by atoms with E-state index < -0.39 is 6.10 Å². The van der Waals surface area contributed by atoms with Crippen LogP contribution < -0.4 is 0 Å². The SMILES string of the molecule is CC/C=C\C/C=C\C/C=C\CCCCC(=O)OCC(COC(=O)CCCCCCC/C=C\CCCCCCCCC)OC(=O)CCCCCCCCC/C=C\C/C=C\CC. The molecule has 0 aromatic carbocycles. The second kappa shape index (κ2) is 48.5. The van der Waals surface area contributed by atoms with E-state index in [-0.39, 0.29) is 31.1 Å². The molecule has 0 amide bonds. The highest BCUT2D eigenvalue weighted by molar-refractivity contribution is 5.71. The van der Waals surface area contributed by atoms with Crippen molar-refractivity contribution < 1.29 is 28.6 Å². The molecule has 0 aliphatic carbocycles. The molecule has 0 fully saturated rings. The first-order valence-corrected chi connectivity index (χ1v) is 24.9. The fraction of sp³-hybridized carbons (Fsp3) is 0.722. The highest BCUT2D eigenvalue weighted by atomic mass is 16.6. The summed E-state index contributed by atoms with van der Waals surface area (Å²) in [4.78, 5) is 37.9. The van der Waals surface area contributed by atoms with Gasteiger partial charge in [0.25, 0.3) is 0 Å². The first-order chi connectivity index (χ1) is 29.5. The Morgan fingerprint density at radius 3 is 1.07 bits per heavy atom. The highest BCUT2D eigenvalue weighted by Crippen LogP contribution is 2.14. The molecule has 0 aromatic heterocycles. The number of hydrogen-bond donors (Lipinski definition) is 0. The van der Waals surface area contributed by atoms with Gasteiger partial charge < -0.3 is 14.2 Å². The van der Waals surface area contributed by atoms with E-state index in [9.17, 15) is 14.4 Å². The van der Waals surface area contributed by atoms with E-state index in [1.165, 1.54) is 89.9 Å². The Balaban J connectivity index is 4.43. The monoisotopic (exact) mass is 837 g/mol. The molecule has 0 saturated heterocycles. The molecule has 344 valence electrons. The Hall–Kier alpha value is -3.15. The molecule has 0 heterocycles. The number of esters is 3. The van der Waals surface area contributed by atoms with Gasteiger partial charge in [0, 0.05) is 19.3 Å². The molecule has 0 aliphatic heterocycles. The zero-order valence-corrected chi connectivity index (χ0v) is 39.2. The average molecular weight is 837 g/mol. The van der Waals surface area contributed by atoms with Crippen molar-refractivity contribution in [1.29, 1.82) is 0 Å². The minimum atomic E-state index is -0.797. The highest BCUT2D eigenvalue weighted by Gasteiger charge is 2.19. The van der Waals surface area contributed by atoms with Crippen molar-refractivity contribution in [2.45, 2.75) is 239 Å². The van der Waals surface area contributed by atoms with Crippen LogP contribution in [0.5, 0.6) is 0 Å². The summed E-state index contributed by atoms with van der Waals surface area (Å²) in [7, 11) is 0. The van der Waals surface area contributed by atoms with Crippen molar-refractivity contribution in [3.8, 4) is 0 Å². The van der Waals surface area contributed by atoms with Crippen molar-refractivity contribution in [1.82, 2.24) is 0 Å². The molecule has 0 radical (unpaired) electrons. The van der Waals surface area contributed by atoms with Gasteiger partial charge in [-0.15, -0.1) is 0 Å². The third-order valence-corrected chi connectivity index (χ3v) is 10.4. The van der Waals surface area contributed by atoms with E-state index in [0.717, 1.165) is 103 Å². The summed E-state index contributed by atoms with van der Waals surface area (Å²) in [6.07, 6.45) is 60.3. The van der Waals surface area contributed by atoms with Gasteiger partial charge in [0.2, 0.25) is 0 Å². The number of rotatable bonds is 44. The Kier molecular flexibility index (Phi) is 46.0. The summed E-state index contributed by atoms with van der Waals surface area (Å²) in [5.41, 5.74) is 0. The van der Waals surface area contributed by atoms with Crippen LogP contribution in [0.4, 0.5) is 0 Å². The predicted molar refractivity (Wildman–Crippen MR) is 256 cm³/mol. The van der Waals surface area contributed by atoms with Crippen LogP contribution in [-0.4, -0.2) is 37.2 Å². The Morgan fingerprint density at radius 2 is 0.650 bits per heavy atom. The fourth-order valence-corrected chi connectivity index (χ4v) is 6.72. The quantitative estimate of drug-likeness (QED) is 0.0263. The Morgan fingerprint density at radius 1 is 0.350 bits per heavy atom. The molecule has 0 aliphatic rings. The lowest BCUT2D eigenvalue weighted by Crippen LogP contribution is -2.30. The van der Waals surface area contributed by atoms with Gasteiger partial charge in [-0.25, -0.2) is 0 Å². The third kappa shape index (κ3) is 45.9. The van der Waals surface area contributed by atoms with Crippen LogP contribution in [0, 0.1) is 0 Å². The largest absolute Gasteiger partial charge is 0.462 e. The van der Waals surface area contributed by atoms with Crippen LogP contribution >= 0.6 is 0 Å². The maximum atomic E-state index is 12.8. The van der Waals surface area contributed by atoms with Crippen molar-refractivity contribution in [3.05, 3.63) is 72.9 Å². The molecule has 6 heteroatoms. The van der Waals surface area contributed by atoms with E-state index in [2.05, 4.69) is 93.7 Å². The number of ether oxygens (including phenoxy) is 3. The van der Waals surface area contributed by atoms with Gasteiger partial charge in [0.15, 0.2) is 6.10 Å². The molecule has 60 heavy (non-hydrogen) atoms. The first kappa shape index (κ1) is 56.9. The number of allylic oxidation sites excluding steroid dienone is 12. The van der Waals surface area contributed by atoms with Gasteiger partial charge in [-0.1, -0.05) is 184 Å². The molecule has 0 spiro atoms. The number of unbranched alkanes of at least 4 members (excludes halogenated alkanes) is 21. The number of carbonyl (C=O) groups is 3. The number of carbonyl (C=O) groups excluding carboxylic acids is 3. The van der Waals surface area contributed by atoms with Gasteiger partial charge in [0.05, 0.1) is 0 Å². The molecule has 0 bridgehead atoms. The van der Waals surface area contributed by atoms with Gasteiger partial charge in [-0.05, 0) is 103 Å². The van der Waals surface area contributed by atoms with Gasteiger partial charge in [-0.2, -0.15) is 0 Å². The lowest BCUT2D eigenvalue weighted by atomic mass is 10.1. The molecule has 0 N–H and O–H groups in total. The van der Waals surface area contributed by atoms with Crippen molar-refractivity contribution in [2.75, 3.05) is 13.2 Å². The molecular weight excluding hydrogens is 745 g/mol. The smallest absolute Gasteiger partial charge is 0.306 e. The van der Waals surface area contributed by atoms with Crippen molar-refractivity contribution in [3.63, 3.8) is 0 Å². The normalized spacial score (nSPS) is 12.7. The maximum Gasteiger partial charge on any atom is 0.306 e. The molecule has 6 nitrogen and oxygen atoms in total. The molecular formula is C54H92O6. The topological polar surface area (TPSA) is 78.9 Å². The summed E-state index contributed by atoms with van der Waals surface area (Å²) in [6, 6.07) is 0. The zero-order valence-electron chi connectivity index (χ0n) is 39.2. The van der Waals surface area contributed by atoms with E-state index in [0.29, 0.717) is 19.3 Å². The molecule has 1 atom stereocenters. The standard InChI is InChI=1S/C54H92O6/c1-4-7-10-13-16-19-22-25-27-28-30-32-35-38-41-44-47-53(56)59-50-51(49-58-52(55)46-43-40-37-34-31-24-21-18-15-12-9-6-3)60-54(57)48-45-42-39-36-33-29-26-23-20-17-14-11-8-5-2/h8-9,11-12,17-18,20-21,27-28,31,34,51H,4-7,10,13-16,19,22-26,29-30,32-33,35-50H2,1-3H3/b11-8-,12-9-,20-17-,21-18-,28-27-,34-31-. The second-order valence-electron chi connectivity index (χ2n) is 16.3. The maximum absolute atomic E-state index is 12.8. The van der Waals surface area contributed by atoms with Gasteiger partial charge in [-0.3, -0.25) is 14.4 Å². The van der Waals surface area contributed by atoms with Crippen LogP contribution in [0.1, 0.15) is 233 Å². The number of hydrogen-bond acceptors (Lipinski definition) is 6. The van der Waals surface area contributed by atoms with Gasteiger partial charge >= 0.3 is 17.9 Å². The summed E-state index contributed by atoms with van der Waals surface area (Å²) in [6.45, 7) is 6.36. The summed E-state index contributed by atoms with van der Waals surface area (Å²) < 4.78 is 16.7. The Labute approximate surface area is 370 Å². The van der Waals surface area contributed by atoms with Crippen LogP contribution in [0.3, 0.4) is 0 Å². The van der Waals surface area contributed by atoms with Crippen LogP contribution in [0.25, 0.3) is 0 Å². The molecule has 0 saturated carbocycles. The average Bonchev–Trinajstić information content (AvgIpc) is 3.24. The fourth-order valence-electron chi connectivity index (χ4n) is 6.72. The molecule has 1 unspecified atom stereocenters. The van der Waals surface area contributed by atoms with E-state index >= 15 is 0 Å².